The van der Waals surface area contributed by atoms with Crippen LogP contribution in [0.5, 0.6) is 5.75 Å². The summed E-state index contributed by atoms with van der Waals surface area (Å²) in [5, 5.41) is 2.81. The van der Waals surface area contributed by atoms with Gasteiger partial charge in [0.1, 0.15) is 12.3 Å². The standard InChI is InChI=1S/C24H30N4O5S/c1-16(2)28-20-9-8-18(34(31,32)26-11-5-6-12-26)14-21(20)27(24(28)30)15-23(29)25-19-13-17(3)7-10-22(19)33-4/h7-10,13-14,16H,5-6,11-12,15H2,1-4H3,(H,25,29). The van der Waals surface area contributed by atoms with Gasteiger partial charge in [0.15, 0.2) is 0 Å². The Morgan fingerprint density at radius 3 is 2.44 bits per heavy atom. The smallest absolute Gasteiger partial charge is 0.329 e. The topological polar surface area (TPSA) is 103 Å². The van der Waals surface area contributed by atoms with Crippen LogP contribution in [0.1, 0.15) is 38.3 Å². The number of aryl methyl sites for hydroxylation is 1. The van der Waals surface area contributed by atoms with E-state index in [0.29, 0.717) is 35.6 Å². The van der Waals surface area contributed by atoms with Crippen molar-refractivity contribution in [3.63, 3.8) is 0 Å². The molecule has 3 aromatic rings. The average Bonchev–Trinajstić information content (AvgIpc) is 3.41. The van der Waals surface area contributed by atoms with Gasteiger partial charge in [0.05, 0.1) is 28.7 Å². The third kappa shape index (κ3) is 4.35. The van der Waals surface area contributed by atoms with E-state index in [0.717, 1.165) is 18.4 Å². The molecule has 1 fully saturated rings. The van der Waals surface area contributed by atoms with Crippen molar-refractivity contribution in [1.29, 1.82) is 0 Å². The van der Waals surface area contributed by atoms with Crippen LogP contribution in [0.25, 0.3) is 11.0 Å². The fraction of sp³-hybridized carbons (Fsp3) is 0.417. The Bertz CT molecular complexity index is 1400. The highest BCUT2D eigenvalue weighted by molar-refractivity contribution is 7.89. The Kier molecular flexibility index (Phi) is 6.55. The lowest BCUT2D eigenvalue weighted by Crippen LogP contribution is -2.30. The summed E-state index contributed by atoms with van der Waals surface area (Å²) in [5.74, 6) is 0.0940. The van der Waals surface area contributed by atoms with Crippen molar-refractivity contribution in [3.05, 3.63) is 52.4 Å². The second-order valence-corrected chi connectivity index (χ2v) is 10.8. The Hall–Kier alpha value is -3.11. The van der Waals surface area contributed by atoms with E-state index in [1.54, 1.807) is 22.8 Å². The summed E-state index contributed by atoms with van der Waals surface area (Å²) in [5.41, 5.74) is 2.07. The highest BCUT2D eigenvalue weighted by Crippen LogP contribution is 2.27. The number of sulfonamides is 1. The zero-order valence-corrected chi connectivity index (χ0v) is 20.7. The molecule has 10 heteroatoms. The predicted octanol–water partition coefficient (Wildman–Crippen LogP) is 3.12. The van der Waals surface area contributed by atoms with E-state index in [2.05, 4.69) is 5.32 Å². The summed E-state index contributed by atoms with van der Waals surface area (Å²) in [6.07, 6.45) is 1.66. The lowest BCUT2D eigenvalue weighted by atomic mass is 10.2. The van der Waals surface area contributed by atoms with Crippen molar-refractivity contribution < 1.29 is 17.9 Å². The van der Waals surface area contributed by atoms with Crippen LogP contribution in [-0.2, 0) is 21.4 Å². The van der Waals surface area contributed by atoms with E-state index in [1.165, 1.54) is 28.1 Å². The number of anilines is 1. The Morgan fingerprint density at radius 2 is 1.79 bits per heavy atom. The second-order valence-electron chi connectivity index (χ2n) is 8.85. The minimum Gasteiger partial charge on any atom is -0.495 e. The number of ether oxygens (including phenoxy) is 1. The molecular formula is C24H30N4O5S. The van der Waals surface area contributed by atoms with Crippen LogP contribution < -0.4 is 15.7 Å². The number of hydrogen-bond acceptors (Lipinski definition) is 5. The van der Waals surface area contributed by atoms with Crippen LogP contribution in [0, 0.1) is 6.92 Å². The molecule has 0 unspecified atom stereocenters. The Morgan fingerprint density at radius 1 is 1.09 bits per heavy atom. The van der Waals surface area contributed by atoms with Gasteiger partial charge < -0.3 is 10.1 Å². The van der Waals surface area contributed by atoms with Gasteiger partial charge in [-0.3, -0.25) is 13.9 Å². The first-order chi connectivity index (χ1) is 16.1. The SMILES string of the molecule is COc1ccc(C)cc1NC(=O)Cn1c(=O)n(C(C)C)c2ccc(S(=O)(=O)N3CCCC3)cc21. The molecule has 4 rings (SSSR count). The number of fused-ring (bicyclic) bond motifs is 1. The van der Waals surface area contributed by atoms with Crippen molar-refractivity contribution in [2.45, 2.75) is 51.1 Å². The zero-order valence-electron chi connectivity index (χ0n) is 19.9. The molecule has 0 spiro atoms. The molecule has 34 heavy (non-hydrogen) atoms. The predicted molar refractivity (Wildman–Crippen MR) is 131 cm³/mol. The highest BCUT2D eigenvalue weighted by Gasteiger charge is 2.28. The van der Waals surface area contributed by atoms with Crippen LogP contribution in [-0.4, -0.2) is 48.0 Å². The monoisotopic (exact) mass is 486 g/mol. The molecule has 0 aliphatic carbocycles. The Balaban J connectivity index is 1.75. The quantitative estimate of drug-likeness (QED) is 0.553. The number of amides is 1. The van der Waals surface area contributed by atoms with Crippen molar-refractivity contribution in [1.82, 2.24) is 13.4 Å². The minimum absolute atomic E-state index is 0.123. The van der Waals surface area contributed by atoms with Crippen LogP contribution in [0.4, 0.5) is 5.69 Å². The van der Waals surface area contributed by atoms with Gasteiger partial charge in [-0.1, -0.05) is 6.07 Å². The maximum Gasteiger partial charge on any atom is 0.329 e. The van der Waals surface area contributed by atoms with Crippen LogP contribution in [0.2, 0.25) is 0 Å². The summed E-state index contributed by atoms with van der Waals surface area (Å²) >= 11 is 0. The van der Waals surface area contributed by atoms with Gasteiger partial charge >= 0.3 is 5.69 Å². The summed E-state index contributed by atoms with van der Waals surface area (Å²) in [7, 11) is -2.15. The van der Waals surface area contributed by atoms with Gasteiger partial charge in [0.2, 0.25) is 15.9 Å². The third-order valence-electron chi connectivity index (χ3n) is 6.08. The first-order valence-electron chi connectivity index (χ1n) is 11.3. The molecule has 2 heterocycles. The summed E-state index contributed by atoms with van der Waals surface area (Å²) in [4.78, 5) is 26.4. The molecular weight excluding hydrogens is 456 g/mol. The number of nitrogens with one attached hydrogen (secondary N) is 1. The third-order valence-corrected chi connectivity index (χ3v) is 7.98. The number of benzene rings is 2. The van der Waals surface area contributed by atoms with Crippen molar-refractivity contribution in [2.75, 3.05) is 25.5 Å². The molecule has 0 bridgehead atoms. The fourth-order valence-corrected chi connectivity index (χ4v) is 5.94. The van der Waals surface area contributed by atoms with Crippen molar-refractivity contribution in [3.8, 4) is 5.75 Å². The van der Waals surface area contributed by atoms with Gasteiger partial charge in [-0.25, -0.2) is 13.2 Å². The normalized spacial score (nSPS) is 14.7. The fourth-order valence-electron chi connectivity index (χ4n) is 4.40. The molecule has 1 aromatic heterocycles. The number of imidazole rings is 1. The van der Waals surface area contributed by atoms with E-state index < -0.39 is 15.9 Å². The number of aromatic nitrogens is 2. The van der Waals surface area contributed by atoms with Crippen molar-refractivity contribution in [2.24, 2.45) is 0 Å². The van der Waals surface area contributed by atoms with E-state index >= 15 is 0 Å². The molecule has 1 saturated heterocycles. The molecule has 2 aromatic carbocycles. The molecule has 1 N–H and O–H groups in total. The van der Waals surface area contributed by atoms with Gasteiger partial charge in [0, 0.05) is 19.1 Å². The van der Waals surface area contributed by atoms with E-state index in [9.17, 15) is 18.0 Å². The van der Waals surface area contributed by atoms with Gasteiger partial charge in [-0.2, -0.15) is 4.31 Å². The molecule has 0 saturated carbocycles. The van der Waals surface area contributed by atoms with Gasteiger partial charge in [-0.05, 0) is 69.5 Å². The van der Waals surface area contributed by atoms with Gasteiger partial charge in [-0.15, -0.1) is 0 Å². The lowest BCUT2D eigenvalue weighted by molar-refractivity contribution is -0.116. The number of carbonyl (C=O) groups is 1. The first-order valence-corrected chi connectivity index (χ1v) is 12.8. The maximum absolute atomic E-state index is 13.3. The lowest BCUT2D eigenvalue weighted by Gasteiger charge is -2.16. The summed E-state index contributed by atoms with van der Waals surface area (Å²) in [6, 6.07) is 9.95. The maximum atomic E-state index is 13.3. The largest absolute Gasteiger partial charge is 0.495 e. The number of methoxy groups -OCH3 is 1. The van der Waals surface area contributed by atoms with Crippen LogP contribution in [0.15, 0.2) is 46.1 Å². The first kappa shape index (κ1) is 24.0. The summed E-state index contributed by atoms with van der Waals surface area (Å²) in [6.45, 7) is 6.36. The van der Waals surface area contributed by atoms with E-state index in [4.69, 9.17) is 4.74 Å². The van der Waals surface area contributed by atoms with Crippen LogP contribution >= 0.6 is 0 Å². The molecule has 1 amide bonds. The Labute approximate surface area is 199 Å². The zero-order chi connectivity index (χ0) is 24.6. The van der Waals surface area contributed by atoms with E-state index in [1.807, 2.05) is 26.8 Å². The molecule has 1 aliphatic heterocycles. The number of hydrogen-bond donors (Lipinski definition) is 1. The molecule has 9 nitrogen and oxygen atoms in total. The average molecular weight is 487 g/mol. The van der Waals surface area contributed by atoms with Gasteiger partial charge in [0.25, 0.3) is 0 Å². The van der Waals surface area contributed by atoms with Crippen LogP contribution in [0.3, 0.4) is 0 Å². The highest BCUT2D eigenvalue weighted by atomic mass is 32.2. The number of carbonyl (C=O) groups excluding carboxylic acids is 1. The number of nitrogens with zero attached hydrogens (tertiary/aromatic N) is 3. The number of rotatable bonds is 7. The summed E-state index contributed by atoms with van der Waals surface area (Å²) < 4.78 is 35.9. The molecule has 1 aliphatic rings. The molecule has 0 radical (unpaired) electrons. The van der Waals surface area contributed by atoms with E-state index in [-0.39, 0.29) is 23.2 Å². The second kappa shape index (κ2) is 9.27. The van der Waals surface area contributed by atoms with Crippen molar-refractivity contribution >= 4 is 32.7 Å². The molecule has 182 valence electrons. The minimum atomic E-state index is -3.67. The molecule has 0 atom stereocenters.